The molecule has 1 aromatic carbocycles. The van der Waals surface area contributed by atoms with Gasteiger partial charge in [-0.1, -0.05) is 25.1 Å². The smallest absolute Gasteiger partial charge is 0.321 e. The van der Waals surface area contributed by atoms with Crippen molar-refractivity contribution in [1.29, 1.82) is 5.26 Å². The Hall–Kier alpha value is -2.28. The zero-order valence-electron chi connectivity index (χ0n) is 11.1. The van der Waals surface area contributed by atoms with Crippen LogP contribution in [-0.2, 0) is 11.2 Å². The molecule has 0 saturated carbocycles. The average molecular weight is 259 g/mol. The van der Waals surface area contributed by atoms with Gasteiger partial charge in [0.2, 0.25) is 0 Å². The van der Waals surface area contributed by atoms with Crippen LogP contribution in [0.15, 0.2) is 36.9 Å². The van der Waals surface area contributed by atoms with Gasteiger partial charge in [0, 0.05) is 5.41 Å². The monoisotopic (exact) mass is 259 g/mol. The lowest BCUT2D eigenvalue weighted by atomic mass is 9.73. The molecule has 2 unspecified atom stereocenters. The molecule has 1 aromatic rings. The molecule has 0 aliphatic carbocycles. The number of carboxylic acid groups (broad SMARTS) is 1. The van der Waals surface area contributed by atoms with Crippen LogP contribution in [0.1, 0.15) is 12.5 Å². The van der Waals surface area contributed by atoms with E-state index >= 15 is 0 Å². The van der Waals surface area contributed by atoms with Crippen LogP contribution in [0.5, 0.6) is 5.75 Å². The maximum absolute atomic E-state index is 11.1. The minimum absolute atomic E-state index is 0.436. The number of nitriles is 1. The largest absolute Gasteiger partial charge is 0.497 e. The van der Waals surface area contributed by atoms with Crippen LogP contribution in [0.4, 0.5) is 0 Å². The van der Waals surface area contributed by atoms with E-state index < -0.39 is 17.3 Å². The number of methoxy groups -OCH3 is 1. The molecule has 0 bridgehead atoms. The molecular weight excluding hydrogens is 242 g/mol. The first-order valence-electron chi connectivity index (χ1n) is 5.86. The van der Waals surface area contributed by atoms with Crippen molar-refractivity contribution in [1.82, 2.24) is 0 Å². The van der Waals surface area contributed by atoms with Gasteiger partial charge in [-0.05, 0) is 24.1 Å². The molecular formula is C15H17NO3. The third-order valence-corrected chi connectivity index (χ3v) is 3.25. The van der Waals surface area contributed by atoms with E-state index in [9.17, 15) is 4.79 Å². The zero-order valence-corrected chi connectivity index (χ0v) is 11.1. The first kappa shape index (κ1) is 14.8. The van der Waals surface area contributed by atoms with E-state index in [1.165, 1.54) is 0 Å². The topological polar surface area (TPSA) is 70.3 Å². The van der Waals surface area contributed by atoms with Crippen LogP contribution < -0.4 is 4.74 Å². The fourth-order valence-corrected chi connectivity index (χ4v) is 1.96. The third kappa shape index (κ3) is 3.35. The molecule has 0 fully saturated rings. The van der Waals surface area contributed by atoms with Gasteiger partial charge in [0.05, 0.1) is 13.2 Å². The number of rotatable bonds is 6. The number of carboxylic acids is 1. The normalized spacial score (nSPS) is 14.8. The highest BCUT2D eigenvalue weighted by molar-refractivity contribution is 5.74. The van der Waals surface area contributed by atoms with Crippen molar-refractivity contribution in [3.63, 3.8) is 0 Å². The number of allylic oxidation sites excluding steroid dienone is 1. The van der Waals surface area contributed by atoms with E-state index in [0.717, 1.165) is 11.3 Å². The maximum Gasteiger partial charge on any atom is 0.321 e. The van der Waals surface area contributed by atoms with E-state index in [4.69, 9.17) is 15.1 Å². The van der Waals surface area contributed by atoms with Crippen molar-refractivity contribution in [2.75, 3.05) is 7.11 Å². The van der Waals surface area contributed by atoms with E-state index in [1.807, 2.05) is 18.2 Å². The molecule has 19 heavy (non-hydrogen) atoms. The summed E-state index contributed by atoms with van der Waals surface area (Å²) in [4.78, 5) is 11.1. The highest BCUT2D eigenvalue weighted by Crippen LogP contribution is 2.33. The minimum atomic E-state index is -1.13. The lowest BCUT2D eigenvalue weighted by Gasteiger charge is -2.28. The molecule has 0 heterocycles. The molecule has 0 radical (unpaired) electrons. The second-order valence-corrected chi connectivity index (χ2v) is 4.64. The number of hydrogen-bond donors (Lipinski definition) is 1. The van der Waals surface area contributed by atoms with Crippen molar-refractivity contribution in [3.05, 3.63) is 42.5 Å². The van der Waals surface area contributed by atoms with Gasteiger partial charge in [0.25, 0.3) is 0 Å². The summed E-state index contributed by atoms with van der Waals surface area (Å²) in [5.41, 5.74) is 0.125. The Bertz CT molecular complexity index is 501. The summed E-state index contributed by atoms with van der Waals surface area (Å²) >= 11 is 0. The molecule has 4 heteroatoms. The molecule has 0 aliphatic heterocycles. The fourth-order valence-electron chi connectivity index (χ4n) is 1.96. The second kappa shape index (κ2) is 6.05. The number of ether oxygens (including phenoxy) is 1. The summed E-state index contributed by atoms with van der Waals surface area (Å²) in [5.74, 6) is -1.51. The van der Waals surface area contributed by atoms with Gasteiger partial charge < -0.3 is 9.84 Å². The summed E-state index contributed by atoms with van der Waals surface area (Å²) < 4.78 is 5.07. The van der Waals surface area contributed by atoms with E-state index in [-0.39, 0.29) is 0 Å². The van der Waals surface area contributed by atoms with Crippen LogP contribution in [0.2, 0.25) is 0 Å². The Kier molecular flexibility index (Phi) is 4.71. The predicted molar refractivity (Wildman–Crippen MR) is 71.7 cm³/mol. The summed E-state index contributed by atoms with van der Waals surface area (Å²) in [7, 11) is 1.58. The Morgan fingerprint density at radius 3 is 2.53 bits per heavy atom. The number of nitrogens with zero attached hydrogens (tertiary/aromatic N) is 1. The molecule has 0 aromatic heterocycles. The van der Waals surface area contributed by atoms with Crippen LogP contribution in [-0.4, -0.2) is 18.2 Å². The number of aliphatic carboxylic acids is 1. The molecule has 0 aliphatic rings. The third-order valence-electron chi connectivity index (χ3n) is 3.25. The molecule has 0 saturated heterocycles. The van der Waals surface area contributed by atoms with Crippen molar-refractivity contribution in [2.45, 2.75) is 13.3 Å². The molecule has 100 valence electrons. The van der Waals surface area contributed by atoms with Gasteiger partial charge >= 0.3 is 5.97 Å². The fraction of sp³-hybridized carbons (Fsp3) is 0.333. The van der Waals surface area contributed by atoms with E-state index in [2.05, 4.69) is 6.58 Å². The van der Waals surface area contributed by atoms with Crippen molar-refractivity contribution < 1.29 is 14.6 Å². The summed E-state index contributed by atoms with van der Waals surface area (Å²) in [6, 6.07) is 9.17. The maximum atomic E-state index is 11.1. The lowest BCUT2D eigenvalue weighted by molar-refractivity contribution is -0.142. The van der Waals surface area contributed by atoms with E-state index in [1.54, 1.807) is 32.2 Å². The van der Waals surface area contributed by atoms with Crippen LogP contribution in [0, 0.1) is 22.7 Å². The first-order chi connectivity index (χ1) is 8.96. The van der Waals surface area contributed by atoms with Crippen LogP contribution >= 0.6 is 0 Å². The highest BCUT2D eigenvalue weighted by Gasteiger charge is 2.37. The predicted octanol–water partition coefficient (Wildman–Crippen LogP) is 2.65. The number of hydrogen-bond acceptors (Lipinski definition) is 3. The quantitative estimate of drug-likeness (QED) is 0.797. The average Bonchev–Trinajstić information content (AvgIpc) is 2.39. The van der Waals surface area contributed by atoms with Gasteiger partial charge in [0.15, 0.2) is 5.92 Å². The number of carbonyl (C=O) groups is 1. The summed E-state index contributed by atoms with van der Waals surface area (Å²) in [5, 5.41) is 18.1. The van der Waals surface area contributed by atoms with E-state index in [0.29, 0.717) is 6.42 Å². The Balaban J connectivity index is 3.00. The van der Waals surface area contributed by atoms with Crippen molar-refractivity contribution in [3.8, 4) is 11.8 Å². The summed E-state index contributed by atoms with van der Waals surface area (Å²) in [6.07, 6.45) is 1.98. The Morgan fingerprint density at radius 1 is 1.58 bits per heavy atom. The SMILES string of the molecule is C=CC(C)(Cc1ccc(OC)cc1)C(C#N)C(=O)O. The lowest BCUT2D eigenvalue weighted by Crippen LogP contribution is -2.32. The molecule has 0 amide bonds. The molecule has 1 rings (SSSR count). The molecule has 4 nitrogen and oxygen atoms in total. The minimum Gasteiger partial charge on any atom is -0.497 e. The second-order valence-electron chi connectivity index (χ2n) is 4.64. The van der Waals surface area contributed by atoms with Gasteiger partial charge in [0.1, 0.15) is 5.75 Å². The number of benzene rings is 1. The Labute approximate surface area is 112 Å². The van der Waals surface area contributed by atoms with Crippen LogP contribution in [0.3, 0.4) is 0 Å². The molecule has 1 N–H and O–H groups in total. The Morgan fingerprint density at radius 2 is 2.16 bits per heavy atom. The standard InChI is InChI=1S/C15H17NO3/c1-4-15(2,13(10-16)14(17)18)9-11-5-7-12(19-3)8-6-11/h4-8,13H,1,9H2,2-3H3,(H,17,18). The van der Waals surface area contributed by atoms with Crippen molar-refractivity contribution >= 4 is 5.97 Å². The zero-order chi connectivity index (χ0) is 14.5. The van der Waals surface area contributed by atoms with Crippen LogP contribution in [0.25, 0.3) is 0 Å². The van der Waals surface area contributed by atoms with Gasteiger partial charge in [-0.15, -0.1) is 6.58 Å². The van der Waals surface area contributed by atoms with Gasteiger partial charge in [-0.3, -0.25) is 4.79 Å². The highest BCUT2D eigenvalue weighted by atomic mass is 16.5. The van der Waals surface area contributed by atoms with Gasteiger partial charge in [-0.25, -0.2) is 0 Å². The van der Waals surface area contributed by atoms with Crippen molar-refractivity contribution in [2.24, 2.45) is 11.3 Å². The summed E-state index contributed by atoms with van der Waals surface area (Å²) in [6.45, 7) is 5.40. The van der Waals surface area contributed by atoms with Gasteiger partial charge in [-0.2, -0.15) is 5.26 Å². The molecule has 0 spiro atoms. The first-order valence-corrected chi connectivity index (χ1v) is 5.86. The molecule has 2 atom stereocenters.